The van der Waals surface area contributed by atoms with Crippen LogP contribution in [0.5, 0.6) is 11.5 Å². The normalized spacial score (nSPS) is 12.3. The Morgan fingerprint density at radius 2 is 1.57 bits per heavy atom. The van der Waals surface area contributed by atoms with Crippen LogP contribution in [0.1, 0.15) is 20.7 Å². The second-order valence-corrected chi connectivity index (χ2v) is 6.83. The molecule has 1 aromatic heterocycles. The molecule has 0 bridgehead atoms. The lowest BCUT2D eigenvalue weighted by atomic mass is 10.2. The molecule has 8 nitrogen and oxygen atoms in total. The van der Waals surface area contributed by atoms with Crippen molar-refractivity contribution in [3.8, 4) is 17.2 Å². The Morgan fingerprint density at radius 1 is 0.929 bits per heavy atom. The highest BCUT2D eigenvalue weighted by Crippen LogP contribution is 2.30. The molecule has 0 atom stereocenters. The molecule has 4 rings (SSSR count). The first kappa shape index (κ1) is 18.1. The molecule has 0 saturated heterocycles. The van der Waals surface area contributed by atoms with Gasteiger partial charge in [0.25, 0.3) is 11.8 Å². The number of fused-ring (bicyclic) bond motifs is 1. The minimum Gasteiger partial charge on any atom is -0.486 e. The van der Waals surface area contributed by atoms with Crippen molar-refractivity contribution >= 4 is 27.7 Å². The minimum atomic E-state index is -0.455. The molecule has 1 aliphatic rings. The maximum Gasteiger partial charge on any atom is 0.269 e. The Balaban J connectivity index is 1.38. The summed E-state index contributed by atoms with van der Waals surface area (Å²) in [6.07, 6.45) is 3.48. The molecule has 0 saturated carbocycles. The third-order valence-electron chi connectivity index (χ3n) is 4.04. The van der Waals surface area contributed by atoms with E-state index in [1.807, 2.05) is 6.20 Å². The molecular formula is C19H15BrN4O4. The molecule has 142 valence electrons. The molecule has 2 amide bonds. The fourth-order valence-electron chi connectivity index (χ4n) is 2.65. The molecule has 28 heavy (non-hydrogen) atoms. The summed E-state index contributed by atoms with van der Waals surface area (Å²) in [4.78, 5) is 24.5. The zero-order valence-electron chi connectivity index (χ0n) is 14.5. The van der Waals surface area contributed by atoms with Crippen LogP contribution in [0.3, 0.4) is 0 Å². The van der Waals surface area contributed by atoms with Gasteiger partial charge in [-0.2, -0.15) is 5.10 Å². The number of hydrogen-bond acceptors (Lipinski definition) is 5. The lowest BCUT2D eigenvalue weighted by molar-refractivity contribution is 0.0846. The zero-order valence-corrected chi connectivity index (χ0v) is 16.1. The third kappa shape index (κ3) is 3.84. The van der Waals surface area contributed by atoms with E-state index in [0.29, 0.717) is 35.8 Å². The molecule has 0 unspecified atom stereocenters. The number of hydrogen-bond donors (Lipinski definition) is 2. The fraction of sp³-hybridized carbons (Fsp3) is 0.105. The average molecular weight is 443 g/mol. The highest BCUT2D eigenvalue weighted by atomic mass is 79.9. The average Bonchev–Trinajstić information content (AvgIpc) is 3.17. The first-order valence-electron chi connectivity index (χ1n) is 8.41. The maximum absolute atomic E-state index is 12.3. The molecular weight excluding hydrogens is 428 g/mol. The summed E-state index contributed by atoms with van der Waals surface area (Å²) < 4.78 is 13.4. The zero-order chi connectivity index (χ0) is 19.5. The van der Waals surface area contributed by atoms with E-state index in [9.17, 15) is 9.59 Å². The molecule has 2 N–H and O–H groups in total. The maximum atomic E-state index is 12.3. The van der Waals surface area contributed by atoms with Gasteiger partial charge in [-0.3, -0.25) is 20.4 Å². The summed E-state index contributed by atoms with van der Waals surface area (Å²) in [6, 6.07) is 11.7. The van der Waals surface area contributed by atoms with E-state index < -0.39 is 11.8 Å². The summed E-state index contributed by atoms with van der Waals surface area (Å²) in [5, 5.41) is 4.18. The predicted molar refractivity (Wildman–Crippen MR) is 104 cm³/mol. The standard InChI is InChI=1S/C19H15BrN4O4/c20-14-10-21-24(11-14)15-4-1-12(2-5-15)18(25)22-23-19(26)13-3-6-16-17(9-13)28-8-7-27-16/h1-6,9-11H,7-8H2,(H,22,25)(H,23,26). The number of ether oxygens (including phenoxy) is 2. The van der Waals surface area contributed by atoms with Gasteiger partial charge >= 0.3 is 0 Å². The summed E-state index contributed by atoms with van der Waals surface area (Å²) in [6.45, 7) is 0.908. The van der Waals surface area contributed by atoms with Crippen molar-refractivity contribution in [2.24, 2.45) is 0 Å². The number of nitrogens with one attached hydrogen (secondary N) is 2. The topological polar surface area (TPSA) is 94.5 Å². The van der Waals surface area contributed by atoms with E-state index in [1.165, 1.54) is 0 Å². The van der Waals surface area contributed by atoms with E-state index in [2.05, 4.69) is 31.9 Å². The number of carbonyl (C=O) groups is 2. The number of hydrazine groups is 1. The van der Waals surface area contributed by atoms with Crippen molar-refractivity contribution in [2.45, 2.75) is 0 Å². The van der Waals surface area contributed by atoms with Crippen LogP contribution in [0.25, 0.3) is 5.69 Å². The molecule has 0 radical (unpaired) electrons. The Morgan fingerprint density at radius 3 is 2.25 bits per heavy atom. The van der Waals surface area contributed by atoms with Crippen LogP contribution in [0.15, 0.2) is 59.3 Å². The van der Waals surface area contributed by atoms with Crippen molar-refractivity contribution in [1.29, 1.82) is 0 Å². The minimum absolute atomic E-state index is 0.351. The first-order chi connectivity index (χ1) is 13.6. The molecule has 1 aliphatic heterocycles. The molecule has 2 aromatic carbocycles. The van der Waals surface area contributed by atoms with Gasteiger partial charge in [-0.25, -0.2) is 4.68 Å². The molecule has 3 aromatic rings. The largest absolute Gasteiger partial charge is 0.486 e. The van der Waals surface area contributed by atoms with Gasteiger partial charge in [0.1, 0.15) is 13.2 Å². The smallest absolute Gasteiger partial charge is 0.269 e. The van der Waals surface area contributed by atoms with Crippen LogP contribution < -0.4 is 20.3 Å². The number of carbonyl (C=O) groups excluding carboxylic acids is 2. The van der Waals surface area contributed by atoms with Crippen molar-refractivity contribution < 1.29 is 19.1 Å². The molecule has 0 fully saturated rings. The number of nitrogens with zero attached hydrogens (tertiary/aromatic N) is 2. The van der Waals surface area contributed by atoms with Crippen LogP contribution in [-0.2, 0) is 0 Å². The van der Waals surface area contributed by atoms with Crippen LogP contribution in [0, 0.1) is 0 Å². The SMILES string of the molecule is O=C(NNC(=O)c1ccc2c(c1)OCCO2)c1ccc(-n2cc(Br)cn2)cc1. The van der Waals surface area contributed by atoms with Gasteiger partial charge in [0.2, 0.25) is 0 Å². The van der Waals surface area contributed by atoms with E-state index in [0.717, 1.165) is 10.2 Å². The van der Waals surface area contributed by atoms with Gasteiger partial charge in [0.15, 0.2) is 11.5 Å². The first-order valence-corrected chi connectivity index (χ1v) is 9.20. The van der Waals surface area contributed by atoms with Crippen LogP contribution in [-0.4, -0.2) is 34.8 Å². The van der Waals surface area contributed by atoms with Crippen molar-refractivity contribution in [3.63, 3.8) is 0 Å². The van der Waals surface area contributed by atoms with Crippen LogP contribution in [0.4, 0.5) is 0 Å². The predicted octanol–water partition coefficient (Wildman–Crippen LogP) is 2.48. The summed E-state index contributed by atoms with van der Waals surface area (Å²) in [5.41, 5.74) is 6.35. The molecule has 2 heterocycles. The molecule has 0 aliphatic carbocycles. The third-order valence-corrected chi connectivity index (χ3v) is 4.45. The number of amides is 2. The van der Waals surface area contributed by atoms with Gasteiger partial charge in [-0.1, -0.05) is 0 Å². The Hall–Kier alpha value is -3.33. The van der Waals surface area contributed by atoms with Gasteiger partial charge in [0, 0.05) is 17.3 Å². The van der Waals surface area contributed by atoms with Gasteiger partial charge in [0.05, 0.1) is 16.4 Å². The summed E-state index contributed by atoms with van der Waals surface area (Å²) in [7, 11) is 0. The highest BCUT2D eigenvalue weighted by Gasteiger charge is 2.15. The van der Waals surface area contributed by atoms with E-state index in [4.69, 9.17) is 9.47 Å². The van der Waals surface area contributed by atoms with E-state index in [1.54, 1.807) is 53.3 Å². The quantitative estimate of drug-likeness (QED) is 0.607. The van der Waals surface area contributed by atoms with Crippen molar-refractivity contribution in [3.05, 3.63) is 70.5 Å². The highest BCUT2D eigenvalue weighted by molar-refractivity contribution is 9.10. The van der Waals surface area contributed by atoms with E-state index >= 15 is 0 Å². The van der Waals surface area contributed by atoms with Crippen LogP contribution in [0.2, 0.25) is 0 Å². The van der Waals surface area contributed by atoms with Crippen LogP contribution >= 0.6 is 15.9 Å². The Labute approximate surface area is 168 Å². The van der Waals surface area contributed by atoms with Gasteiger partial charge < -0.3 is 9.47 Å². The van der Waals surface area contributed by atoms with Gasteiger partial charge in [-0.05, 0) is 58.4 Å². The summed E-state index contributed by atoms with van der Waals surface area (Å²) in [5.74, 6) is 0.213. The second-order valence-electron chi connectivity index (χ2n) is 5.92. The summed E-state index contributed by atoms with van der Waals surface area (Å²) >= 11 is 3.34. The second kappa shape index (κ2) is 7.73. The number of aromatic nitrogens is 2. The number of halogens is 1. The number of benzene rings is 2. The lowest BCUT2D eigenvalue weighted by Gasteiger charge is -2.18. The lowest BCUT2D eigenvalue weighted by Crippen LogP contribution is -2.41. The van der Waals surface area contributed by atoms with Crippen molar-refractivity contribution in [2.75, 3.05) is 13.2 Å². The monoisotopic (exact) mass is 442 g/mol. The molecule has 0 spiro atoms. The van der Waals surface area contributed by atoms with E-state index in [-0.39, 0.29) is 0 Å². The number of rotatable bonds is 3. The fourth-order valence-corrected chi connectivity index (χ4v) is 2.94. The Bertz CT molecular complexity index is 1030. The van der Waals surface area contributed by atoms with Crippen molar-refractivity contribution in [1.82, 2.24) is 20.6 Å². The molecule has 9 heteroatoms. The van der Waals surface area contributed by atoms with Gasteiger partial charge in [-0.15, -0.1) is 0 Å². The Kier molecular flexibility index (Phi) is 4.98.